The third-order valence-electron chi connectivity index (χ3n) is 4.90. The minimum absolute atomic E-state index is 0.0706. The summed E-state index contributed by atoms with van der Waals surface area (Å²) in [6.45, 7) is 1.81. The maximum atomic E-state index is 13.2. The molecule has 1 fully saturated rings. The molecule has 3 rings (SSSR count). The highest BCUT2D eigenvalue weighted by Gasteiger charge is 2.26. The normalized spacial score (nSPS) is 16.6. The van der Waals surface area contributed by atoms with Crippen molar-refractivity contribution in [1.82, 2.24) is 9.47 Å². The molecule has 2 aromatic rings. The van der Waals surface area contributed by atoms with E-state index < -0.39 is 0 Å². The monoisotopic (exact) mass is 409 g/mol. The van der Waals surface area contributed by atoms with E-state index in [-0.39, 0.29) is 12.0 Å². The van der Waals surface area contributed by atoms with Gasteiger partial charge in [0.05, 0.1) is 11.1 Å². The molecule has 1 unspecified atom stereocenters. The molecule has 0 spiro atoms. The lowest BCUT2D eigenvalue weighted by molar-refractivity contribution is 0.0500. The van der Waals surface area contributed by atoms with Crippen LogP contribution in [0.4, 0.5) is 5.69 Å². The van der Waals surface area contributed by atoms with E-state index in [1.165, 1.54) is 0 Å². The predicted octanol–water partition coefficient (Wildman–Crippen LogP) is 4.22. The summed E-state index contributed by atoms with van der Waals surface area (Å²) in [7, 11) is 5.76. The quantitative estimate of drug-likeness (QED) is 0.716. The summed E-state index contributed by atoms with van der Waals surface area (Å²) in [6, 6.07) is 9.84. The molecule has 146 valence electrons. The molecule has 7 heteroatoms. The van der Waals surface area contributed by atoms with Crippen LogP contribution in [0.5, 0.6) is 0 Å². The number of carbonyl (C=O) groups is 1. The number of rotatable bonds is 6. The zero-order chi connectivity index (χ0) is 19.6. The minimum Gasteiger partial charge on any atom is -0.378 e. The van der Waals surface area contributed by atoms with Crippen LogP contribution in [0, 0.1) is 0 Å². The molecule has 0 aliphatic carbocycles. The number of benzene rings is 1. The van der Waals surface area contributed by atoms with Crippen molar-refractivity contribution in [1.29, 1.82) is 0 Å². The van der Waals surface area contributed by atoms with Crippen LogP contribution in [0.25, 0.3) is 0 Å². The molecule has 1 aromatic carbocycles. The summed E-state index contributed by atoms with van der Waals surface area (Å²) in [5.74, 6) is -0.0986. The Morgan fingerprint density at radius 1 is 1.26 bits per heavy atom. The molecule has 1 aliphatic rings. The first-order valence-corrected chi connectivity index (χ1v) is 9.80. The van der Waals surface area contributed by atoms with Crippen molar-refractivity contribution in [2.75, 3.05) is 32.1 Å². The molecular formula is C20H25Cl2N3O2. The molecular weight excluding hydrogens is 385 g/mol. The van der Waals surface area contributed by atoms with Crippen molar-refractivity contribution < 1.29 is 9.53 Å². The SMILES string of the molecule is CN(C)c1ccc(CN(CC2CCCO2)C(=O)c2cc(Cl)c(Cl)n2C)cc1. The van der Waals surface area contributed by atoms with Crippen LogP contribution in [0.15, 0.2) is 30.3 Å². The first-order valence-electron chi connectivity index (χ1n) is 9.04. The molecule has 0 bridgehead atoms. The first kappa shape index (κ1) is 20.1. The van der Waals surface area contributed by atoms with E-state index in [1.54, 1.807) is 17.7 Å². The highest BCUT2D eigenvalue weighted by molar-refractivity contribution is 6.41. The highest BCUT2D eigenvalue weighted by Crippen LogP contribution is 2.27. The third-order valence-corrected chi connectivity index (χ3v) is 5.74. The van der Waals surface area contributed by atoms with Gasteiger partial charge in [-0.05, 0) is 36.6 Å². The van der Waals surface area contributed by atoms with Gasteiger partial charge in [-0.15, -0.1) is 0 Å². The largest absolute Gasteiger partial charge is 0.378 e. The van der Waals surface area contributed by atoms with E-state index in [0.717, 1.165) is 30.7 Å². The topological polar surface area (TPSA) is 37.7 Å². The van der Waals surface area contributed by atoms with Gasteiger partial charge in [-0.3, -0.25) is 4.79 Å². The van der Waals surface area contributed by atoms with Crippen LogP contribution < -0.4 is 4.90 Å². The fourth-order valence-corrected chi connectivity index (χ4v) is 3.66. The average molecular weight is 410 g/mol. The average Bonchev–Trinajstić information content (AvgIpc) is 3.25. The lowest BCUT2D eigenvalue weighted by Crippen LogP contribution is -2.37. The lowest BCUT2D eigenvalue weighted by Gasteiger charge is -2.26. The van der Waals surface area contributed by atoms with Crippen LogP contribution in [-0.2, 0) is 18.3 Å². The molecule has 0 saturated carbocycles. The standard InChI is InChI=1S/C20H25Cl2N3O2/c1-23(2)15-8-6-14(7-9-15)12-25(13-16-5-4-10-27-16)20(26)18-11-17(21)19(22)24(18)3/h6-9,11,16H,4-5,10,12-13H2,1-3H3. The van der Waals surface area contributed by atoms with Crippen LogP contribution in [0.2, 0.25) is 10.2 Å². The highest BCUT2D eigenvalue weighted by atomic mass is 35.5. The summed E-state index contributed by atoms with van der Waals surface area (Å²) < 4.78 is 7.39. The Labute approximate surface area is 170 Å². The van der Waals surface area contributed by atoms with E-state index >= 15 is 0 Å². The molecule has 0 N–H and O–H groups in total. The molecule has 0 radical (unpaired) electrons. The van der Waals surface area contributed by atoms with Gasteiger partial charge >= 0.3 is 0 Å². The Balaban J connectivity index is 1.83. The fraction of sp³-hybridized carbons (Fsp3) is 0.450. The summed E-state index contributed by atoms with van der Waals surface area (Å²) >= 11 is 12.3. The molecule has 27 heavy (non-hydrogen) atoms. The third kappa shape index (κ3) is 4.60. The zero-order valence-corrected chi connectivity index (χ0v) is 17.4. The van der Waals surface area contributed by atoms with Gasteiger partial charge in [0.25, 0.3) is 5.91 Å². The molecule has 1 amide bonds. The Hall–Kier alpha value is -1.69. The van der Waals surface area contributed by atoms with Crippen LogP contribution in [0.3, 0.4) is 0 Å². The Kier molecular flexibility index (Phi) is 6.35. The van der Waals surface area contributed by atoms with Gasteiger partial charge in [0, 0.05) is 46.5 Å². The van der Waals surface area contributed by atoms with Gasteiger partial charge in [-0.2, -0.15) is 0 Å². The molecule has 1 aliphatic heterocycles. The van der Waals surface area contributed by atoms with E-state index in [4.69, 9.17) is 27.9 Å². The number of halogens is 2. The number of aromatic nitrogens is 1. The van der Waals surface area contributed by atoms with Crippen molar-refractivity contribution in [3.63, 3.8) is 0 Å². The maximum Gasteiger partial charge on any atom is 0.270 e. The second-order valence-electron chi connectivity index (χ2n) is 7.11. The molecule has 1 aromatic heterocycles. The minimum atomic E-state index is -0.0986. The van der Waals surface area contributed by atoms with Crippen LogP contribution in [-0.4, -0.2) is 48.7 Å². The summed E-state index contributed by atoms with van der Waals surface area (Å²) in [5.41, 5.74) is 2.67. The van der Waals surface area contributed by atoms with E-state index in [1.807, 2.05) is 23.9 Å². The Bertz CT molecular complexity index is 796. The van der Waals surface area contributed by atoms with Gasteiger partial charge in [0.2, 0.25) is 0 Å². The van der Waals surface area contributed by atoms with Crippen molar-refractivity contribution in [3.05, 3.63) is 51.8 Å². The summed E-state index contributed by atoms with van der Waals surface area (Å²) in [5, 5.41) is 0.752. The number of amides is 1. The van der Waals surface area contributed by atoms with Gasteiger partial charge in [0.15, 0.2) is 0 Å². The smallest absolute Gasteiger partial charge is 0.270 e. The van der Waals surface area contributed by atoms with E-state index in [9.17, 15) is 4.79 Å². The van der Waals surface area contributed by atoms with Crippen molar-refractivity contribution >= 4 is 34.8 Å². The lowest BCUT2D eigenvalue weighted by atomic mass is 10.1. The summed E-state index contributed by atoms with van der Waals surface area (Å²) in [4.78, 5) is 17.1. The number of anilines is 1. The van der Waals surface area contributed by atoms with E-state index in [2.05, 4.69) is 24.3 Å². The number of hydrogen-bond donors (Lipinski definition) is 0. The number of carbonyl (C=O) groups excluding carboxylic acids is 1. The van der Waals surface area contributed by atoms with Gasteiger partial charge in [-0.25, -0.2) is 0 Å². The zero-order valence-electron chi connectivity index (χ0n) is 15.9. The molecule has 2 heterocycles. The van der Waals surface area contributed by atoms with Gasteiger partial charge in [0.1, 0.15) is 10.8 Å². The Morgan fingerprint density at radius 3 is 2.48 bits per heavy atom. The summed E-state index contributed by atoms with van der Waals surface area (Å²) in [6.07, 6.45) is 2.07. The van der Waals surface area contributed by atoms with Crippen LogP contribution in [0.1, 0.15) is 28.9 Å². The number of nitrogens with zero attached hydrogens (tertiary/aromatic N) is 3. The number of ether oxygens (including phenoxy) is 1. The maximum absolute atomic E-state index is 13.2. The first-order chi connectivity index (χ1) is 12.9. The van der Waals surface area contributed by atoms with Crippen molar-refractivity contribution in [3.8, 4) is 0 Å². The molecule has 5 nitrogen and oxygen atoms in total. The van der Waals surface area contributed by atoms with Crippen molar-refractivity contribution in [2.45, 2.75) is 25.5 Å². The second-order valence-corrected chi connectivity index (χ2v) is 7.87. The van der Waals surface area contributed by atoms with E-state index in [0.29, 0.717) is 29.0 Å². The van der Waals surface area contributed by atoms with Crippen molar-refractivity contribution in [2.24, 2.45) is 7.05 Å². The molecule has 1 atom stereocenters. The van der Waals surface area contributed by atoms with Gasteiger partial charge < -0.3 is 19.1 Å². The molecule has 1 saturated heterocycles. The number of hydrogen-bond acceptors (Lipinski definition) is 3. The predicted molar refractivity (Wildman–Crippen MR) is 110 cm³/mol. The van der Waals surface area contributed by atoms with Crippen LogP contribution >= 0.6 is 23.2 Å². The Morgan fingerprint density at radius 2 is 1.96 bits per heavy atom. The second kappa shape index (κ2) is 8.55. The van der Waals surface area contributed by atoms with Gasteiger partial charge in [-0.1, -0.05) is 35.3 Å². The fourth-order valence-electron chi connectivity index (χ4n) is 3.28.